The molecule has 1 amide bonds. The van der Waals surface area contributed by atoms with E-state index in [9.17, 15) is 18.5 Å². The molecule has 5 rings (SSSR count). The number of nitriles is 1. The molecule has 3 aromatic carbocycles. The normalized spacial score (nSPS) is 11.8. The Morgan fingerprint density at radius 1 is 1.02 bits per heavy atom. The van der Waals surface area contributed by atoms with Crippen LogP contribution in [0.25, 0.3) is 22.4 Å². The summed E-state index contributed by atoms with van der Waals surface area (Å²) in [6.07, 6.45) is 0.448. The lowest BCUT2D eigenvalue weighted by atomic mass is 9.99. The zero-order valence-electron chi connectivity index (χ0n) is 24.6. The number of nitrogens with one attached hydrogen (secondary N) is 2. The largest absolute Gasteiger partial charge is 0.497 e. The summed E-state index contributed by atoms with van der Waals surface area (Å²) < 4.78 is 38.0. The minimum atomic E-state index is -3.91. The molecule has 0 aliphatic carbocycles. The number of carbonyl (C=O) groups is 1. The monoisotopic (exact) mass is 639 g/mol. The smallest absolute Gasteiger partial charge is 0.263 e. The summed E-state index contributed by atoms with van der Waals surface area (Å²) in [6.45, 7) is 3.53. The Bertz CT molecular complexity index is 1950. The van der Waals surface area contributed by atoms with Crippen molar-refractivity contribution in [1.82, 2.24) is 10.1 Å². The lowest BCUT2D eigenvalue weighted by Crippen LogP contribution is -2.25. The highest BCUT2D eigenvalue weighted by molar-refractivity contribution is 8.00. The van der Waals surface area contributed by atoms with Gasteiger partial charge in [-0.1, -0.05) is 66.3 Å². The first-order valence-corrected chi connectivity index (χ1v) is 16.3. The van der Waals surface area contributed by atoms with Crippen LogP contribution >= 0.6 is 11.8 Å². The molecule has 1 atom stereocenters. The maximum absolute atomic E-state index is 13.4. The Balaban J connectivity index is 1.40. The Labute approximate surface area is 265 Å². The molecule has 0 saturated heterocycles. The van der Waals surface area contributed by atoms with Crippen LogP contribution in [0.2, 0.25) is 0 Å². The second-order valence-corrected chi connectivity index (χ2v) is 12.8. The van der Waals surface area contributed by atoms with Crippen molar-refractivity contribution in [3.63, 3.8) is 0 Å². The van der Waals surface area contributed by atoms with Crippen LogP contribution in [0.5, 0.6) is 5.75 Å². The van der Waals surface area contributed by atoms with Gasteiger partial charge in [0.2, 0.25) is 5.91 Å². The zero-order valence-corrected chi connectivity index (χ0v) is 26.3. The van der Waals surface area contributed by atoms with E-state index in [4.69, 9.17) is 14.2 Å². The summed E-state index contributed by atoms with van der Waals surface area (Å²) >= 11 is 1.21. The van der Waals surface area contributed by atoms with E-state index in [1.165, 1.54) is 42.1 Å². The van der Waals surface area contributed by atoms with Crippen molar-refractivity contribution >= 4 is 39.2 Å². The number of sulfonamides is 1. The first-order chi connectivity index (χ1) is 21.7. The molecule has 12 heteroatoms. The maximum Gasteiger partial charge on any atom is 0.263 e. The van der Waals surface area contributed by atoms with E-state index in [0.717, 1.165) is 11.1 Å². The van der Waals surface area contributed by atoms with Crippen molar-refractivity contribution in [3.05, 3.63) is 102 Å². The van der Waals surface area contributed by atoms with Crippen molar-refractivity contribution in [2.45, 2.75) is 35.4 Å². The fourth-order valence-electron chi connectivity index (χ4n) is 4.48. The molecule has 1 unspecified atom stereocenters. The van der Waals surface area contributed by atoms with Crippen molar-refractivity contribution in [2.24, 2.45) is 0 Å². The summed E-state index contributed by atoms with van der Waals surface area (Å²) in [5, 5.41) is 16.6. The number of anilines is 2. The van der Waals surface area contributed by atoms with Gasteiger partial charge in [-0.15, -0.1) is 0 Å². The van der Waals surface area contributed by atoms with E-state index >= 15 is 0 Å². The molecule has 45 heavy (non-hydrogen) atoms. The fraction of sp³-hybridized carbons (Fsp3) is 0.152. The molecule has 228 valence electrons. The van der Waals surface area contributed by atoms with Crippen molar-refractivity contribution in [1.29, 1.82) is 5.26 Å². The molecular weight excluding hydrogens is 611 g/mol. The summed E-state index contributed by atoms with van der Waals surface area (Å²) in [6, 6.07) is 28.5. The summed E-state index contributed by atoms with van der Waals surface area (Å²) in [4.78, 5) is 18.3. The molecule has 10 nitrogen and oxygen atoms in total. The van der Waals surface area contributed by atoms with Gasteiger partial charge in [-0.2, -0.15) is 5.26 Å². The molecule has 0 fully saturated rings. The van der Waals surface area contributed by atoms with Crippen LogP contribution in [0.4, 0.5) is 11.5 Å². The Kier molecular flexibility index (Phi) is 9.51. The van der Waals surface area contributed by atoms with Gasteiger partial charge in [0.1, 0.15) is 22.6 Å². The zero-order chi connectivity index (χ0) is 32.0. The number of ether oxygens (including phenoxy) is 1. The van der Waals surface area contributed by atoms with Crippen LogP contribution in [0.15, 0.2) is 105 Å². The fourth-order valence-corrected chi connectivity index (χ4v) is 6.49. The molecule has 0 saturated carbocycles. The van der Waals surface area contributed by atoms with Crippen molar-refractivity contribution in [2.75, 3.05) is 17.1 Å². The van der Waals surface area contributed by atoms with Gasteiger partial charge in [-0.05, 0) is 61.4 Å². The quantitative estimate of drug-likeness (QED) is 0.147. The van der Waals surface area contributed by atoms with Crippen LogP contribution in [0.1, 0.15) is 24.7 Å². The third-order valence-corrected chi connectivity index (χ3v) is 9.51. The minimum Gasteiger partial charge on any atom is -0.497 e. The SMILES string of the molecule is CCC(Sc1nc(-c2ccccc2)cc(-c2ccc(OC)cc2)c1C#N)C(=O)Nc1ccc(S(=O)(=O)Nc2cc(C)on2)cc1. The molecule has 2 N–H and O–H groups in total. The number of nitrogens with zero attached hydrogens (tertiary/aromatic N) is 3. The number of pyridine rings is 1. The van der Waals surface area contributed by atoms with E-state index in [1.54, 1.807) is 14.0 Å². The first kappa shape index (κ1) is 31.3. The molecule has 0 bridgehead atoms. The van der Waals surface area contributed by atoms with Crippen LogP contribution in [0, 0.1) is 18.3 Å². The van der Waals surface area contributed by atoms with Crippen LogP contribution < -0.4 is 14.8 Å². The number of benzene rings is 3. The van der Waals surface area contributed by atoms with E-state index < -0.39 is 15.3 Å². The van der Waals surface area contributed by atoms with Crippen LogP contribution in [-0.4, -0.2) is 36.8 Å². The van der Waals surface area contributed by atoms with Crippen LogP contribution in [0.3, 0.4) is 0 Å². The number of rotatable bonds is 11. The number of hydrogen-bond acceptors (Lipinski definition) is 9. The highest BCUT2D eigenvalue weighted by Gasteiger charge is 2.24. The van der Waals surface area contributed by atoms with Crippen molar-refractivity contribution in [3.8, 4) is 34.2 Å². The standard InChI is InChI=1S/C33H29N5O5S2/c1-4-30(32(39)35-24-12-16-26(17-13-24)45(40,41)38-31-18-21(2)43-37-31)44-33-28(20-34)27(22-10-14-25(42-3)15-11-22)19-29(36-33)23-8-6-5-7-9-23/h5-19,30H,4H2,1-3H3,(H,35,39)(H,37,38). The molecule has 0 spiro atoms. The molecule has 2 aromatic heterocycles. The maximum atomic E-state index is 13.4. The molecule has 0 aliphatic heterocycles. The third-order valence-electron chi connectivity index (χ3n) is 6.78. The first-order valence-electron chi connectivity index (χ1n) is 13.9. The van der Waals surface area contributed by atoms with Gasteiger partial charge >= 0.3 is 0 Å². The number of amides is 1. The topological polar surface area (TPSA) is 147 Å². The summed E-state index contributed by atoms with van der Waals surface area (Å²) in [5.74, 6) is 0.925. The summed E-state index contributed by atoms with van der Waals surface area (Å²) in [5.41, 5.74) is 3.83. The highest BCUT2D eigenvalue weighted by Crippen LogP contribution is 2.37. The number of hydrogen-bond donors (Lipinski definition) is 2. The molecule has 5 aromatic rings. The Morgan fingerprint density at radius 2 is 1.73 bits per heavy atom. The average molecular weight is 640 g/mol. The lowest BCUT2D eigenvalue weighted by Gasteiger charge is -2.18. The van der Waals surface area contributed by atoms with E-state index in [2.05, 4.69) is 21.3 Å². The lowest BCUT2D eigenvalue weighted by molar-refractivity contribution is -0.115. The number of carbonyl (C=O) groups excluding carboxylic acids is 1. The van der Waals surface area contributed by atoms with Gasteiger partial charge in [0.15, 0.2) is 5.82 Å². The molecular formula is C33H29N5O5S2. The number of methoxy groups -OCH3 is 1. The number of thioether (sulfide) groups is 1. The highest BCUT2D eigenvalue weighted by atomic mass is 32.2. The number of aryl methyl sites for hydroxylation is 1. The van der Waals surface area contributed by atoms with Crippen molar-refractivity contribution < 1.29 is 22.5 Å². The van der Waals surface area contributed by atoms with Crippen LogP contribution in [-0.2, 0) is 14.8 Å². The molecule has 0 aliphatic rings. The second-order valence-electron chi connectivity index (χ2n) is 9.90. The van der Waals surface area contributed by atoms with E-state index in [0.29, 0.717) is 45.5 Å². The minimum absolute atomic E-state index is 0.00535. The Morgan fingerprint density at radius 3 is 2.33 bits per heavy atom. The summed E-state index contributed by atoms with van der Waals surface area (Å²) in [7, 11) is -2.32. The number of aromatic nitrogens is 2. The third kappa shape index (κ3) is 7.34. The van der Waals surface area contributed by atoms with E-state index in [1.807, 2.05) is 67.6 Å². The van der Waals surface area contributed by atoms with Gasteiger partial charge in [0.05, 0.1) is 28.5 Å². The second kappa shape index (κ2) is 13.7. The molecule has 0 radical (unpaired) electrons. The van der Waals surface area contributed by atoms with E-state index in [-0.39, 0.29) is 16.6 Å². The Hall–Kier alpha value is -5.12. The van der Waals surface area contributed by atoms with Gasteiger partial charge < -0.3 is 14.6 Å². The molecule has 2 heterocycles. The van der Waals surface area contributed by atoms with Gasteiger partial charge in [0.25, 0.3) is 10.0 Å². The average Bonchev–Trinajstić information content (AvgIpc) is 3.47. The van der Waals surface area contributed by atoms with Gasteiger partial charge in [-0.25, -0.2) is 13.4 Å². The van der Waals surface area contributed by atoms with Gasteiger partial charge in [-0.3, -0.25) is 9.52 Å². The van der Waals surface area contributed by atoms with Gasteiger partial charge in [0, 0.05) is 22.9 Å². The predicted molar refractivity (Wildman–Crippen MR) is 173 cm³/mol. The predicted octanol–water partition coefficient (Wildman–Crippen LogP) is 6.90.